The number of nitriles is 1. The third-order valence-corrected chi connectivity index (χ3v) is 6.54. The van der Waals surface area contributed by atoms with Crippen molar-refractivity contribution in [1.29, 1.82) is 5.26 Å². The van der Waals surface area contributed by atoms with Gasteiger partial charge in [0.1, 0.15) is 18.0 Å². The largest absolute Gasteiger partial charge is 0.480 e. The SMILES string of the molecule is CCc1c(N(C=O)c2ccccn2)ccc2c1N([C@H](C)C(=O)O)[C@@H](CNc1ccc(C#N)cc1)N2C. The molecule has 4 rings (SSSR count). The Morgan fingerprint density at radius 3 is 2.58 bits per heavy atom. The van der Waals surface area contributed by atoms with Gasteiger partial charge >= 0.3 is 5.97 Å². The maximum Gasteiger partial charge on any atom is 0.326 e. The molecule has 0 spiro atoms. The van der Waals surface area contributed by atoms with Crippen LogP contribution < -0.4 is 20.0 Å². The molecule has 3 aromatic rings. The lowest BCUT2D eigenvalue weighted by molar-refractivity contribution is -0.138. The normalized spacial score (nSPS) is 15.1. The van der Waals surface area contributed by atoms with Crippen molar-refractivity contribution in [3.05, 3.63) is 71.9 Å². The van der Waals surface area contributed by atoms with Gasteiger partial charge in [0.25, 0.3) is 0 Å². The first-order valence-electron chi connectivity index (χ1n) is 11.7. The van der Waals surface area contributed by atoms with E-state index in [-0.39, 0.29) is 6.17 Å². The van der Waals surface area contributed by atoms with E-state index in [0.717, 1.165) is 29.0 Å². The Morgan fingerprint density at radius 1 is 1.25 bits per heavy atom. The Morgan fingerprint density at radius 2 is 2.00 bits per heavy atom. The number of fused-ring (bicyclic) bond motifs is 1. The number of aromatic nitrogens is 1. The lowest BCUT2D eigenvalue weighted by Crippen LogP contribution is -2.52. The molecule has 9 nitrogen and oxygen atoms in total. The Bertz CT molecular complexity index is 1290. The molecule has 9 heteroatoms. The van der Waals surface area contributed by atoms with Crippen LogP contribution in [0.5, 0.6) is 0 Å². The van der Waals surface area contributed by atoms with Gasteiger partial charge in [-0.1, -0.05) is 13.0 Å². The van der Waals surface area contributed by atoms with Crippen molar-refractivity contribution in [2.45, 2.75) is 32.5 Å². The van der Waals surface area contributed by atoms with E-state index >= 15 is 0 Å². The van der Waals surface area contributed by atoms with Crippen molar-refractivity contribution in [3.63, 3.8) is 0 Å². The third kappa shape index (κ3) is 4.41. The predicted molar refractivity (Wildman–Crippen MR) is 140 cm³/mol. The molecular weight excluding hydrogens is 456 g/mol. The molecule has 0 bridgehead atoms. The quantitative estimate of drug-likeness (QED) is 0.439. The van der Waals surface area contributed by atoms with E-state index < -0.39 is 12.0 Å². The van der Waals surface area contributed by atoms with Gasteiger partial charge in [0.05, 0.1) is 35.2 Å². The average molecular weight is 485 g/mol. The van der Waals surface area contributed by atoms with Crippen molar-refractivity contribution in [1.82, 2.24) is 4.98 Å². The zero-order valence-corrected chi connectivity index (χ0v) is 20.4. The summed E-state index contributed by atoms with van der Waals surface area (Å²) < 4.78 is 0. The number of carbonyl (C=O) groups is 2. The number of anilines is 5. The summed E-state index contributed by atoms with van der Waals surface area (Å²) in [5.74, 6) is -0.450. The molecule has 1 aliphatic rings. The van der Waals surface area contributed by atoms with Crippen LogP contribution in [0, 0.1) is 11.3 Å². The first-order valence-corrected chi connectivity index (χ1v) is 11.7. The molecule has 2 aromatic carbocycles. The molecule has 1 amide bonds. The number of carboxylic acids is 1. The fourth-order valence-electron chi connectivity index (χ4n) is 4.66. The number of aliphatic carboxylic acids is 1. The highest BCUT2D eigenvalue weighted by Crippen LogP contribution is 2.47. The van der Waals surface area contributed by atoms with E-state index in [9.17, 15) is 14.7 Å². The van der Waals surface area contributed by atoms with Crippen LogP contribution in [0.2, 0.25) is 0 Å². The standard InChI is InChI=1S/C27H28N6O3/c1-4-21-22(32(17-34)24-7-5-6-14-29-24)12-13-23-26(21)33(18(2)27(35)36)25(31(23)3)16-30-20-10-8-19(15-28)9-11-20/h5-14,17-18,25,30H,4,16H2,1-3H3,(H,35,36)/t18-,25+/m1/s1. The van der Waals surface area contributed by atoms with E-state index in [0.29, 0.717) is 30.0 Å². The first-order chi connectivity index (χ1) is 17.4. The minimum atomic E-state index is -0.941. The molecule has 2 N–H and O–H groups in total. The number of hydrogen-bond donors (Lipinski definition) is 2. The topological polar surface area (TPSA) is 113 Å². The van der Waals surface area contributed by atoms with Crippen molar-refractivity contribution in [2.24, 2.45) is 0 Å². The van der Waals surface area contributed by atoms with Gasteiger partial charge in [-0.05, 0) is 61.9 Å². The molecule has 2 heterocycles. The second-order valence-corrected chi connectivity index (χ2v) is 8.53. The van der Waals surface area contributed by atoms with E-state index in [1.54, 1.807) is 37.4 Å². The smallest absolute Gasteiger partial charge is 0.326 e. The fraction of sp³-hybridized carbons (Fsp3) is 0.259. The van der Waals surface area contributed by atoms with Gasteiger partial charge in [-0.2, -0.15) is 5.26 Å². The Labute approximate surface area is 210 Å². The van der Waals surface area contributed by atoms with Gasteiger partial charge in [0.15, 0.2) is 0 Å². The second kappa shape index (κ2) is 10.4. The van der Waals surface area contributed by atoms with Gasteiger partial charge in [-0.15, -0.1) is 0 Å². The summed E-state index contributed by atoms with van der Waals surface area (Å²) >= 11 is 0. The summed E-state index contributed by atoms with van der Waals surface area (Å²) in [4.78, 5) is 34.1. The molecule has 2 atom stereocenters. The van der Waals surface area contributed by atoms with Crippen LogP contribution in [0.1, 0.15) is 25.0 Å². The van der Waals surface area contributed by atoms with E-state index in [1.165, 1.54) is 4.90 Å². The molecular formula is C27H28N6O3. The zero-order chi connectivity index (χ0) is 25.8. The maximum atomic E-state index is 12.2. The molecule has 0 saturated heterocycles. The van der Waals surface area contributed by atoms with Crippen molar-refractivity contribution in [3.8, 4) is 6.07 Å². The molecule has 1 aromatic heterocycles. The van der Waals surface area contributed by atoms with Crippen LogP contribution in [-0.2, 0) is 16.0 Å². The Kier molecular flexibility index (Phi) is 7.06. The van der Waals surface area contributed by atoms with Crippen LogP contribution in [0.3, 0.4) is 0 Å². The van der Waals surface area contributed by atoms with E-state index in [4.69, 9.17) is 5.26 Å². The Balaban J connectivity index is 1.76. The van der Waals surface area contributed by atoms with Gasteiger partial charge in [-0.25, -0.2) is 9.78 Å². The number of carboxylic acid groups (broad SMARTS) is 1. The highest BCUT2D eigenvalue weighted by Gasteiger charge is 2.41. The second-order valence-electron chi connectivity index (χ2n) is 8.53. The van der Waals surface area contributed by atoms with Gasteiger partial charge in [0, 0.05) is 24.5 Å². The monoisotopic (exact) mass is 484 g/mol. The molecule has 0 unspecified atom stereocenters. The minimum Gasteiger partial charge on any atom is -0.480 e. The number of likely N-dealkylation sites (N-methyl/N-ethyl adjacent to an activating group) is 1. The molecule has 0 radical (unpaired) electrons. The molecule has 184 valence electrons. The lowest BCUT2D eigenvalue weighted by Gasteiger charge is -2.34. The van der Waals surface area contributed by atoms with Crippen molar-refractivity contribution < 1.29 is 14.7 Å². The number of carbonyl (C=O) groups excluding carboxylic acids is 1. The van der Waals surface area contributed by atoms with Gasteiger partial charge < -0.3 is 20.2 Å². The number of pyridine rings is 1. The molecule has 0 fully saturated rings. The zero-order valence-electron chi connectivity index (χ0n) is 20.4. The van der Waals surface area contributed by atoms with Crippen LogP contribution >= 0.6 is 0 Å². The number of benzene rings is 2. The Hall–Kier alpha value is -4.58. The van der Waals surface area contributed by atoms with E-state index in [2.05, 4.69) is 21.3 Å². The number of rotatable bonds is 9. The first kappa shape index (κ1) is 24.5. The number of amides is 1. The maximum absolute atomic E-state index is 12.2. The number of hydrogen-bond acceptors (Lipinski definition) is 7. The number of nitrogens with one attached hydrogen (secondary N) is 1. The summed E-state index contributed by atoms with van der Waals surface area (Å²) in [5.41, 5.74) is 4.62. The minimum absolute atomic E-state index is 0.304. The lowest BCUT2D eigenvalue weighted by atomic mass is 10.0. The van der Waals surface area contributed by atoms with Crippen LogP contribution in [0.25, 0.3) is 0 Å². The summed E-state index contributed by atoms with van der Waals surface area (Å²) in [7, 11) is 1.94. The average Bonchev–Trinajstić information content (AvgIpc) is 3.19. The van der Waals surface area contributed by atoms with Crippen LogP contribution in [0.4, 0.5) is 28.6 Å². The van der Waals surface area contributed by atoms with Gasteiger partial charge in [-0.3, -0.25) is 9.69 Å². The molecule has 1 aliphatic heterocycles. The molecule has 36 heavy (non-hydrogen) atoms. The number of nitrogens with zero attached hydrogens (tertiary/aromatic N) is 5. The molecule has 0 saturated carbocycles. The molecule has 0 aliphatic carbocycles. The van der Waals surface area contributed by atoms with Gasteiger partial charge in [0.2, 0.25) is 6.41 Å². The highest BCUT2D eigenvalue weighted by atomic mass is 16.4. The van der Waals surface area contributed by atoms with E-state index in [1.807, 2.05) is 49.2 Å². The van der Waals surface area contributed by atoms with Crippen LogP contribution in [0.15, 0.2) is 60.8 Å². The predicted octanol–water partition coefficient (Wildman–Crippen LogP) is 3.98. The summed E-state index contributed by atoms with van der Waals surface area (Å²) in [6.07, 6.45) is 2.64. The van der Waals surface area contributed by atoms with Crippen LogP contribution in [-0.4, -0.2) is 48.3 Å². The summed E-state index contributed by atoms with van der Waals surface area (Å²) in [6.45, 7) is 4.10. The summed E-state index contributed by atoms with van der Waals surface area (Å²) in [5, 5.41) is 22.4. The fourth-order valence-corrected chi connectivity index (χ4v) is 4.66. The summed E-state index contributed by atoms with van der Waals surface area (Å²) in [6, 6.07) is 17.6. The van der Waals surface area contributed by atoms with Crippen molar-refractivity contribution >= 4 is 40.9 Å². The van der Waals surface area contributed by atoms with Crippen molar-refractivity contribution in [2.75, 3.05) is 33.6 Å². The third-order valence-electron chi connectivity index (χ3n) is 6.54. The highest BCUT2D eigenvalue weighted by molar-refractivity contribution is 5.95.